The first-order valence-corrected chi connectivity index (χ1v) is 12.3. The first-order chi connectivity index (χ1) is 16.8. The lowest BCUT2D eigenvalue weighted by Crippen LogP contribution is -2.36. The van der Waals surface area contributed by atoms with E-state index in [9.17, 15) is 0 Å². The highest BCUT2D eigenvalue weighted by Gasteiger charge is 2.18. The third-order valence-corrected chi connectivity index (χ3v) is 6.98. The molecule has 0 bridgehead atoms. The van der Waals surface area contributed by atoms with Crippen molar-refractivity contribution in [3.8, 4) is 17.0 Å². The fourth-order valence-electron chi connectivity index (χ4n) is 4.28. The number of thioether (sulfide) groups is 1. The Kier molecular flexibility index (Phi) is 5.60. The van der Waals surface area contributed by atoms with Crippen molar-refractivity contribution in [2.24, 2.45) is 0 Å². The summed E-state index contributed by atoms with van der Waals surface area (Å²) in [6, 6.07) is 8.24. The van der Waals surface area contributed by atoms with Crippen LogP contribution in [0.1, 0.15) is 0 Å². The van der Waals surface area contributed by atoms with Crippen molar-refractivity contribution in [3.63, 3.8) is 0 Å². The second-order valence-electron chi connectivity index (χ2n) is 8.10. The van der Waals surface area contributed by atoms with Crippen LogP contribution in [0.5, 0.6) is 5.75 Å². The Hall–Kier alpha value is -3.50. The average Bonchev–Trinajstić information content (AvgIpc) is 3.38. The third-order valence-electron chi connectivity index (χ3n) is 5.97. The lowest BCUT2D eigenvalue weighted by atomic mass is 10.2. The maximum Gasteiger partial charge on any atom is 0.180 e. The van der Waals surface area contributed by atoms with E-state index in [4.69, 9.17) is 14.5 Å². The van der Waals surface area contributed by atoms with Crippen LogP contribution in [0.2, 0.25) is 0 Å². The van der Waals surface area contributed by atoms with Gasteiger partial charge in [0.2, 0.25) is 0 Å². The molecule has 1 fully saturated rings. The first-order valence-electron chi connectivity index (χ1n) is 11.3. The lowest BCUT2D eigenvalue weighted by Gasteiger charge is -2.30. The SMILES string of the molecule is COc1cc(Nc2nc(-c3cnc4c(c3)NCCS4)cn3ccnc23)ccc1N1CCOCC1. The number of fused-ring (bicyclic) bond motifs is 2. The summed E-state index contributed by atoms with van der Waals surface area (Å²) in [5, 5.41) is 7.92. The molecular weight excluding hydrogens is 450 g/mol. The Morgan fingerprint density at radius 2 is 2.09 bits per heavy atom. The molecular formula is C24H25N7O2S. The number of nitrogens with one attached hydrogen (secondary N) is 2. The van der Waals surface area contributed by atoms with Crippen LogP contribution >= 0.6 is 11.8 Å². The number of aromatic nitrogens is 4. The van der Waals surface area contributed by atoms with Crippen molar-refractivity contribution >= 4 is 40.3 Å². The molecule has 0 radical (unpaired) electrons. The third kappa shape index (κ3) is 3.99. The zero-order valence-electron chi connectivity index (χ0n) is 18.8. The van der Waals surface area contributed by atoms with Gasteiger partial charge in [0.05, 0.1) is 37.4 Å². The van der Waals surface area contributed by atoms with Crippen LogP contribution in [0.4, 0.5) is 22.9 Å². The standard InChI is InChI=1S/C24H25N7O2S/c1-32-21-13-17(2-3-20(21)30-7-9-33-10-8-30)28-22-23-26-4-6-31(23)15-19(29-22)16-12-18-24(27-14-16)34-11-5-25-18/h2-4,6,12-15,25H,5,7-11H2,1H3,(H,28,29). The predicted molar refractivity (Wildman–Crippen MR) is 135 cm³/mol. The molecule has 4 aromatic rings. The van der Waals surface area contributed by atoms with Crippen LogP contribution in [0.25, 0.3) is 16.9 Å². The highest BCUT2D eigenvalue weighted by molar-refractivity contribution is 7.99. The molecule has 3 aromatic heterocycles. The van der Waals surface area contributed by atoms with Gasteiger partial charge in [0.25, 0.3) is 0 Å². The van der Waals surface area contributed by atoms with E-state index in [0.29, 0.717) is 5.82 Å². The van der Waals surface area contributed by atoms with E-state index in [2.05, 4.69) is 37.6 Å². The monoisotopic (exact) mass is 475 g/mol. The molecule has 6 rings (SSSR count). The molecule has 0 amide bonds. The smallest absolute Gasteiger partial charge is 0.180 e. The summed E-state index contributed by atoms with van der Waals surface area (Å²) < 4.78 is 13.2. The van der Waals surface area contributed by atoms with E-state index in [0.717, 1.165) is 83.3 Å². The number of methoxy groups -OCH3 is 1. The van der Waals surface area contributed by atoms with Gasteiger partial charge in [0.1, 0.15) is 10.8 Å². The molecule has 0 saturated carbocycles. The molecule has 174 valence electrons. The maximum atomic E-state index is 5.71. The van der Waals surface area contributed by atoms with Crippen LogP contribution in [-0.4, -0.2) is 65.1 Å². The second kappa shape index (κ2) is 9.03. The summed E-state index contributed by atoms with van der Waals surface area (Å²) in [5.41, 5.74) is 5.52. The van der Waals surface area contributed by atoms with Gasteiger partial charge in [-0.2, -0.15) is 0 Å². The Labute approximate surface area is 201 Å². The summed E-state index contributed by atoms with van der Waals surface area (Å²) >= 11 is 1.77. The normalized spacial score (nSPS) is 15.6. The van der Waals surface area contributed by atoms with Gasteiger partial charge in [0, 0.05) is 67.5 Å². The molecule has 1 aromatic carbocycles. The van der Waals surface area contributed by atoms with Crippen molar-refractivity contribution in [1.82, 2.24) is 19.4 Å². The minimum atomic E-state index is 0.670. The van der Waals surface area contributed by atoms with Crippen LogP contribution in [0.15, 0.2) is 54.1 Å². The molecule has 1 saturated heterocycles. The van der Waals surface area contributed by atoms with Crippen molar-refractivity contribution in [2.45, 2.75) is 5.03 Å². The average molecular weight is 476 g/mol. The van der Waals surface area contributed by atoms with Gasteiger partial charge in [-0.3, -0.25) is 0 Å². The quantitative estimate of drug-likeness (QED) is 0.446. The van der Waals surface area contributed by atoms with Crippen LogP contribution in [-0.2, 0) is 4.74 Å². The lowest BCUT2D eigenvalue weighted by molar-refractivity contribution is 0.122. The Bertz CT molecular complexity index is 1340. The minimum Gasteiger partial charge on any atom is -0.495 e. The van der Waals surface area contributed by atoms with E-state index in [1.54, 1.807) is 25.1 Å². The largest absolute Gasteiger partial charge is 0.495 e. The fourth-order valence-corrected chi connectivity index (χ4v) is 5.09. The van der Waals surface area contributed by atoms with E-state index < -0.39 is 0 Å². The molecule has 2 aliphatic rings. The number of morpholine rings is 1. The van der Waals surface area contributed by atoms with Crippen molar-refractivity contribution in [3.05, 3.63) is 49.1 Å². The van der Waals surface area contributed by atoms with Crippen LogP contribution in [0.3, 0.4) is 0 Å². The summed E-state index contributed by atoms with van der Waals surface area (Å²) in [7, 11) is 1.70. The van der Waals surface area contributed by atoms with E-state index in [1.165, 1.54) is 0 Å². The molecule has 2 aliphatic heterocycles. The highest BCUT2D eigenvalue weighted by Crippen LogP contribution is 2.35. The Balaban J connectivity index is 1.35. The summed E-state index contributed by atoms with van der Waals surface area (Å²) in [5.74, 6) is 2.51. The van der Waals surface area contributed by atoms with Crippen LogP contribution < -0.4 is 20.3 Å². The second-order valence-corrected chi connectivity index (χ2v) is 9.18. The molecule has 10 heteroatoms. The number of ether oxygens (including phenoxy) is 2. The van der Waals surface area contributed by atoms with E-state index in [1.807, 2.05) is 35.1 Å². The Morgan fingerprint density at radius 3 is 2.97 bits per heavy atom. The molecule has 0 unspecified atom stereocenters. The molecule has 0 spiro atoms. The number of pyridine rings is 1. The number of benzene rings is 1. The molecule has 5 heterocycles. The number of nitrogens with zero attached hydrogens (tertiary/aromatic N) is 5. The molecule has 0 atom stereocenters. The number of imidazole rings is 1. The molecule has 9 nitrogen and oxygen atoms in total. The van der Waals surface area contributed by atoms with Gasteiger partial charge in [0.15, 0.2) is 11.5 Å². The van der Waals surface area contributed by atoms with Gasteiger partial charge < -0.3 is 29.4 Å². The van der Waals surface area contributed by atoms with Gasteiger partial charge in [-0.25, -0.2) is 15.0 Å². The zero-order valence-corrected chi connectivity index (χ0v) is 19.6. The Morgan fingerprint density at radius 1 is 1.18 bits per heavy atom. The summed E-state index contributed by atoms with van der Waals surface area (Å²) in [4.78, 5) is 16.3. The number of anilines is 4. The number of rotatable bonds is 5. The topological polar surface area (TPSA) is 88.8 Å². The minimum absolute atomic E-state index is 0.670. The van der Waals surface area contributed by atoms with Crippen molar-refractivity contribution in [1.29, 1.82) is 0 Å². The van der Waals surface area contributed by atoms with E-state index in [-0.39, 0.29) is 0 Å². The van der Waals surface area contributed by atoms with E-state index >= 15 is 0 Å². The van der Waals surface area contributed by atoms with Gasteiger partial charge in [-0.15, -0.1) is 11.8 Å². The molecule has 34 heavy (non-hydrogen) atoms. The van der Waals surface area contributed by atoms with Gasteiger partial charge >= 0.3 is 0 Å². The van der Waals surface area contributed by atoms with Gasteiger partial charge in [-0.1, -0.05) is 0 Å². The summed E-state index contributed by atoms with van der Waals surface area (Å²) in [6.45, 7) is 4.09. The van der Waals surface area contributed by atoms with Crippen molar-refractivity contribution < 1.29 is 9.47 Å². The maximum absolute atomic E-state index is 5.71. The van der Waals surface area contributed by atoms with Gasteiger partial charge in [-0.05, 0) is 18.2 Å². The fraction of sp³-hybridized carbons (Fsp3) is 0.292. The highest BCUT2D eigenvalue weighted by atomic mass is 32.2. The predicted octanol–water partition coefficient (Wildman–Crippen LogP) is 3.90. The van der Waals surface area contributed by atoms with Crippen molar-refractivity contribution in [2.75, 3.05) is 61.2 Å². The zero-order chi connectivity index (χ0) is 22.9. The number of hydrogen-bond acceptors (Lipinski definition) is 9. The molecule has 2 N–H and O–H groups in total. The first kappa shape index (κ1) is 21.1. The number of hydrogen-bond donors (Lipinski definition) is 2. The molecule has 0 aliphatic carbocycles. The van der Waals surface area contributed by atoms with Crippen LogP contribution in [0, 0.1) is 0 Å². The summed E-state index contributed by atoms with van der Waals surface area (Å²) in [6.07, 6.45) is 7.56.